The van der Waals surface area contributed by atoms with Crippen molar-refractivity contribution in [3.8, 4) is 6.07 Å². The minimum atomic E-state index is 0.333. The fraction of sp³-hybridized carbons (Fsp3) is 0.316. The molecular weight excluding hydrogens is 340 g/mol. The summed E-state index contributed by atoms with van der Waals surface area (Å²) in [5.74, 6) is 1.77. The van der Waals surface area contributed by atoms with Crippen molar-refractivity contribution in [2.24, 2.45) is 5.92 Å². The maximum atomic E-state index is 8.79. The molecular formula is C19H18N8. The van der Waals surface area contributed by atoms with E-state index < -0.39 is 0 Å². The summed E-state index contributed by atoms with van der Waals surface area (Å²) in [7, 11) is 0. The highest BCUT2D eigenvalue weighted by Gasteiger charge is 2.28. The van der Waals surface area contributed by atoms with Gasteiger partial charge in [-0.15, -0.1) is 0 Å². The topological polar surface area (TPSA) is 108 Å². The van der Waals surface area contributed by atoms with Gasteiger partial charge in [-0.3, -0.25) is 4.40 Å². The molecule has 0 aromatic carbocycles. The predicted octanol–water partition coefficient (Wildman–Crippen LogP) is 2.87. The lowest BCUT2D eigenvalue weighted by molar-refractivity contribution is 0.563. The van der Waals surface area contributed by atoms with Crippen molar-refractivity contribution in [1.82, 2.24) is 29.3 Å². The van der Waals surface area contributed by atoms with E-state index >= 15 is 0 Å². The summed E-state index contributed by atoms with van der Waals surface area (Å²) in [6.45, 7) is 0.856. The van der Waals surface area contributed by atoms with Crippen molar-refractivity contribution in [2.45, 2.75) is 25.2 Å². The van der Waals surface area contributed by atoms with Gasteiger partial charge in [-0.1, -0.05) is 0 Å². The van der Waals surface area contributed by atoms with Crippen LogP contribution in [0.15, 0.2) is 37.1 Å². The van der Waals surface area contributed by atoms with E-state index in [9.17, 15) is 0 Å². The quantitative estimate of drug-likeness (QED) is 0.581. The van der Waals surface area contributed by atoms with Crippen molar-refractivity contribution in [2.75, 3.05) is 11.9 Å². The molecule has 0 unspecified atom stereocenters. The second-order valence-corrected chi connectivity index (χ2v) is 7.00. The van der Waals surface area contributed by atoms with Gasteiger partial charge < -0.3 is 10.3 Å². The van der Waals surface area contributed by atoms with Crippen molar-refractivity contribution in [3.05, 3.63) is 48.4 Å². The number of hydrogen-bond donors (Lipinski definition) is 2. The molecule has 4 aromatic rings. The standard InChI is InChI=1S/C19H18N8/c20-6-14-8-24-17(10-22-14)23-7-12-1-2-13(5-12)16-9-25-18-11-26-19-15(27(16)18)3-4-21-19/h3-4,8-13,21H,1-2,5,7H2,(H,23,24)/t12-,13+/m0/s1. The number of nitriles is 1. The lowest BCUT2D eigenvalue weighted by Crippen LogP contribution is -2.13. The lowest BCUT2D eigenvalue weighted by Gasteiger charge is -2.13. The minimum absolute atomic E-state index is 0.333. The minimum Gasteiger partial charge on any atom is -0.369 e. The van der Waals surface area contributed by atoms with Crippen LogP contribution in [0.5, 0.6) is 0 Å². The van der Waals surface area contributed by atoms with Crippen LogP contribution in [0.3, 0.4) is 0 Å². The molecule has 27 heavy (non-hydrogen) atoms. The van der Waals surface area contributed by atoms with Gasteiger partial charge in [-0.2, -0.15) is 5.26 Å². The first-order valence-electron chi connectivity index (χ1n) is 9.07. The Morgan fingerprint density at radius 2 is 2.11 bits per heavy atom. The molecule has 5 rings (SSSR count). The van der Waals surface area contributed by atoms with Gasteiger partial charge in [-0.25, -0.2) is 19.9 Å². The number of imidazole rings is 1. The Morgan fingerprint density at radius 1 is 1.15 bits per heavy atom. The molecule has 0 saturated heterocycles. The molecule has 1 aliphatic rings. The maximum Gasteiger partial charge on any atom is 0.158 e. The number of anilines is 1. The van der Waals surface area contributed by atoms with E-state index in [0.717, 1.165) is 42.6 Å². The van der Waals surface area contributed by atoms with Crippen molar-refractivity contribution in [3.63, 3.8) is 0 Å². The van der Waals surface area contributed by atoms with E-state index in [1.165, 1.54) is 11.9 Å². The van der Waals surface area contributed by atoms with E-state index in [-0.39, 0.29) is 0 Å². The molecule has 0 bridgehead atoms. The van der Waals surface area contributed by atoms with Crippen molar-refractivity contribution < 1.29 is 0 Å². The van der Waals surface area contributed by atoms with Crippen LogP contribution in [0.1, 0.15) is 36.6 Å². The Bertz CT molecular complexity index is 1130. The predicted molar refractivity (Wildman–Crippen MR) is 100 cm³/mol. The van der Waals surface area contributed by atoms with Crippen molar-refractivity contribution in [1.29, 1.82) is 5.26 Å². The smallest absolute Gasteiger partial charge is 0.158 e. The van der Waals surface area contributed by atoms with Gasteiger partial charge in [0.2, 0.25) is 0 Å². The van der Waals surface area contributed by atoms with Gasteiger partial charge in [0.1, 0.15) is 11.9 Å². The average molecular weight is 358 g/mol. The van der Waals surface area contributed by atoms with E-state index in [4.69, 9.17) is 5.26 Å². The summed E-state index contributed by atoms with van der Waals surface area (Å²) in [5, 5.41) is 12.1. The highest BCUT2D eigenvalue weighted by atomic mass is 15.1. The van der Waals surface area contributed by atoms with Crippen LogP contribution >= 0.6 is 0 Å². The molecule has 0 radical (unpaired) electrons. The van der Waals surface area contributed by atoms with Crippen LogP contribution in [-0.4, -0.2) is 35.9 Å². The molecule has 4 aromatic heterocycles. The summed E-state index contributed by atoms with van der Waals surface area (Å²) in [6, 6.07) is 4.04. The largest absolute Gasteiger partial charge is 0.369 e. The molecule has 1 saturated carbocycles. The summed E-state index contributed by atoms with van der Waals surface area (Å²) in [4.78, 5) is 20.4. The molecule has 134 valence electrons. The first-order chi connectivity index (χ1) is 13.3. The summed E-state index contributed by atoms with van der Waals surface area (Å²) < 4.78 is 2.23. The van der Waals surface area contributed by atoms with Gasteiger partial charge in [0.05, 0.1) is 24.1 Å². The molecule has 0 spiro atoms. The Hall–Kier alpha value is -3.47. The molecule has 4 heterocycles. The maximum absolute atomic E-state index is 8.79. The zero-order valence-corrected chi connectivity index (χ0v) is 14.6. The van der Waals surface area contributed by atoms with E-state index in [0.29, 0.717) is 23.3 Å². The molecule has 1 fully saturated rings. The van der Waals surface area contributed by atoms with Crippen LogP contribution in [0.2, 0.25) is 0 Å². The van der Waals surface area contributed by atoms with Crippen LogP contribution in [0.25, 0.3) is 16.8 Å². The molecule has 0 amide bonds. The zero-order chi connectivity index (χ0) is 18.2. The van der Waals surface area contributed by atoms with Crippen LogP contribution < -0.4 is 5.32 Å². The second kappa shape index (κ2) is 6.36. The van der Waals surface area contributed by atoms with Gasteiger partial charge >= 0.3 is 0 Å². The van der Waals surface area contributed by atoms with Crippen LogP contribution in [-0.2, 0) is 0 Å². The van der Waals surface area contributed by atoms with Crippen LogP contribution in [0, 0.1) is 17.2 Å². The lowest BCUT2D eigenvalue weighted by atomic mass is 10.0. The Labute approximate surface area is 155 Å². The third-order valence-corrected chi connectivity index (χ3v) is 5.37. The molecule has 2 atom stereocenters. The first-order valence-corrected chi connectivity index (χ1v) is 9.07. The number of hydrogen-bond acceptors (Lipinski definition) is 6. The molecule has 1 aliphatic carbocycles. The summed E-state index contributed by atoms with van der Waals surface area (Å²) in [6.07, 6.45) is 12.3. The monoisotopic (exact) mass is 358 g/mol. The highest BCUT2D eigenvalue weighted by molar-refractivity contribution is 5.74. The van der Waals surface area contributed by atoms with Crippen molar-refractivity contribution >= 4 is 22.6 Å². The fourth-order valence-electron chi connectivity index (χ4n) is 4.04. The van der Waals surface area contributed by atoms with E-state index in [2.05, 4.69) is 40.7 Å². The fourth-order valence-corrected chi connectivity index (χ4v) is 4.04. The van der Waals surface area contributed by atoms with Gasteiger partial charge in [0.25, 0.3) is 0 Å². The summed E-state index contributed by atoms with van der Waals surface area (Å²) >= 11 is 0. The highest BCUT2D eigenvalue weighted by Crippen LogP contribution is 2.39. The molecule has 2 N–H and O–H groups in total. The number of nitrogens with zero attached hydrogens (tertiary/aromatic N) is 6. The SMILES string of the molecule is N#Cc1cnc(NC[C@H]2CC[C@@H](c3cnc4cnc5[nH]ccc5n34)C2)cn1. The number of rotatable bonds is 4. The van der Waals surface area contributed by atoms with E-state index in [1.54, 1.807) is 6.20 Å². The third-order valence-electron chi connectivity index (χ3n) is 5.37. The second-order valence-electron chi connectivity index (χ2n) is 7.00. The Balaban J connectivity index is 1.31. The number of nitrogens with one attached hydrogen (secondary N) is 2. The Morgan fingerprint density at radius 3 is 2.96 bits per heavy atom. The number of aromatic nitrogens is 6. The van der Waals surface area contributed by atoms with Gasteiger partial charge in [-0.05, 0) is 31.2 Å². The normalized spacial score (nSPS) is 19.5. The van der Waals surface area contributed by atoms with Gasteiger partial charge in [0, 0.05) is 30.6 Å². The Kier molecular flexibility index (Phi) is 3.71. The zero-order valence-electron chi connectivity index (χ0n) is 14.6. The van der Waals surface area contributed by atoms with E-state index in [1.807, 2.05) is 24.7 Å². The third kappa shape index (κ3) is 2.77. The molecule has 0 aliphatic heterocycles. The first kappa shape index (κ1) is 15.8. The number of fused-ring (bicyclic) bond motifs is 3. The molecule has 8 nitrogen and oxygen atoms in total. The average Bonchev–Trinajstić information content (AvgIpc) is 3.44. The number of H-pyrrole nitrogens is 1. The van der Waals surface area contributed by atoms with Crippen LogP contribution in [0.4, 0.5) is 5.82 Å². The number of aromatic amines is 1. The molecule has 8 heteroatoms. The summed E-state index contributed by atoms with van der Waals surface area (Å²) in [5.41, 5.74) is 4.45. The van der Waals surface area contributed by atoms with Gasteiger partial charge in [0.15, 0.2) is 17.0 Å².